The Morgan fingerprint density at radius 1 is 1.09 bits per heavy atom. The Morgan fingerprint density at radius 2 is 1.88 bits per heavy atom. The quantitative estimate of drug-likeness (QED) is 0.396. The number of thiophene rings is 1. The van der Waals surface area contributed by atoms with Crippen LogP contribution in [0.5, 0.6) is 5.75 Å². The number of fused-ring (bicyclic) bond motifs is 1. The molecule has 3 aliphatic rings. The summed E-state index contributed by atoms with van der Waals surface area (Å²) in [4.78, 5) is 29.8. The molecule has 2 aliphatic carbocycles. The van der Waals surface area contributed by atoms with Crippen molar-refractivity contribution in [3.63, 3.8) is 0 Å². The third kappa shape index (κ3) is 3.99. The average molecular weight is 473 g/mol. The minimum Gasteiger partial charge on any atom is -0.490 e. The fraction of sp³-hybridized carbons (Fsp3) is 0.393. The van der Waals surface area contributed by atoms with Gasteiger partial charge in [-0.1, -0.05) is 31.2 Å². The summed E-state index contributed by atoms with van der Waals surface area (Å²) in [6.07, 6.45) is 9.06. The van der Waals surface area contributed by atoms with Crippen molar-refractivity contribution in [1.29, 1.82) is 5.26 Å². The summed E-state index contributed by atoms with van der Waals surface area (Å²) in [5.74, 6) is 0.560. The van der Waals surface area contributed by atoms with Crippen LogP contribution >= 0.6 is 11.3 Å². The molecule has 1 aliphatic heterocycles. The minimum absolute atomic E-state index is 0.0293. The largest absolute Gasteiger partial charge is 0.490 e. The highest BCUT2D eigenvalue weighted by atomic mass is 32.1. The van der Waals surface area contributed by atoms with Gasteiger partial charge in [0.05, 0.1) is 5.56 Å². The van der Waals surface area contributed by atoms with E-state index in [0.717, 1.165) is 65.3 Å². The monoisotopic (exact) mass is 472 g/mol. The van der Waals surface area contributed by atoms with Gasteiger partial charge in [0.25, 0.3) is 0 Å². The number of hydrogen-bond donors (Lipinski definition) is 0. The van der Waals surface area contributed by atoms with Crippen LogP contribution < -0.4 is 9.64 Å². The van der Waals surface area contributed by atoms with Gasteiger partial charge in [-0.15, -0.1) is 11.3 Å². The lowest BCUT2D eigenvalue weighted by atomic mass is 9.77. The van der Waals surface area contributed by atoms with Crippen molar-refractivity contribution in [2.45, 2.75) is 63.7 Å². The molecule has 0 spiro atoms. The predicted octanol–water partition coefficient (Wildman–Crippen LogP) is 5.98. The van der Waals surface area contributed by atoms with Crippen LogP contribution in [0.1, 0.15) is 72.4 Å². The van der Waals surface area contributed by atoms with E-state index >= 15 is 0 Å². The average Bonchev–Trinajstić information content (AvgIpc) is 3.02. The van der Waals surface area contributed by atoms with E-state index in [2.05, 4.69) is 12.6 Å². The number of ether oxygens (including phenoxy) is 1. The lowest BCUT2D eigenvalue weighted by molar-refractivity contribution is -0.119. The summed E-state index contributed by atoms with van der Waals surface area (Å²) in [6.45, 7) is 4.10. The number of rotatable bonds is 5. The SMILES string of the molecule is C=CCOc1ccc(C2CC(=O)N(c3sc4c(c3C#N)CCCCC4)C3=C2C(=O)CCC3)cc1. The maximum atomic E-state index is 13.6. The zero-order chi connectivity index (χ0) is 23.7. The zero-order valence-electron chi connectivity index (χ0n) is 19.3. The third-order valence-corrected chi connectivity index (χ3v) is 8.32. The molecule has 1 aromatic heterocycles. The smallest absolute Gasteiger partial charge is 0.232 e. The Balaban J connectivity index is 1.58. The van der Waals surface area contributed by atoms with Crippen molar-refractivity contribution in [3.05, 3.63) is 69.8 Å². The Kier molecular flexibility index (Phi) is 6.38. The second-order valence-corrected chi connectivity index (χ2v) is 10.2. The summed E-state index contributed by atoms with van der Waals surface area (Å²) in [6, 6.07) is 10.1. The number of hydrogen-bond acceptors (Lipinski definition) is 5. The molecule has 1 aromatic carbocycles. The molecule has 34 heavy (non-hydrogen) atoms. The van der Waals surface area contributed by atoms with Crippen molar-refractivity contribution in [2.75, 3.05) is 11.5 Å². The van der Waals surface area contributed by atoms with Crippen molar-refractivity contribution in [1.82, 2.24) is 0 Å². The molecule has 5 nitrogen and oxygen atoms in total. The number of benzene rings is 1. The van der Waals surface area contributed by atoms with Crippen LogP contribution in [-0.2, 0) is 22.4 Å². The highest BCUT2D eigenvalue weighted by molar-refractivity contribution is 7.16. The molecule has 0 N–H and O–H groups in total. The van der Waals surface area contributed by atoms with Gasteiger partial charge in [-0.25, -0.2) is 0 Å². The Morgan fingerprint density at radius 3 is 2.65 bits per heavy atom. The Hall–Kier alpha value is -3.17. The maximum Gasteiger partial charge on any atom is 0.232 e. The van der Waals surface area contributed by atoms with Crippen LogP contribution in [0.15, 0.2) is 48.2 Å². The number of Topliss-reactive ketones (excluding diaryl/α,β-unsaturated/α-hetero) is 1. The van der Waals surface area contributed by atoms with Gasteiger partial charge >= 0.3 is 0 Å². The Labute approximate surface area is 204 Å². The Bertz CT molecular complexity index is 1220. The van der Waals surface area contributed by atoms with E-state index in [1.807, 2.05) is 24.3 Å². The number of aryl methyl sites for hydroxylation is 1. The number of allylic oxidation sites excluding steroid dienone is 2. The van der Waals surface area contributed by atoms with Gasteiger partial charge in [-0.05, 0) is 61.8 Å². The van der Waals surface area contributed by atoms with Gasteiger partial charge in [-0.3, -0.25) is 14.5 Å². The first kappa shape index (κ1) is 22.6. The highest BCUT2D eigenvalue weighted by Crippen LogP contribution is 2.48. The van der Waals surface area contributed by atoms with Crippen LogP contribution in [0.2, 0.25) is 0 Å². The van der Waals surface area contributed by atoms with Crippen LogP contribution in [0.4, 0.5) is 5.00 Å². The first-order valence-electron chi connectivity index (χ1n) is 12.1. The van der Waals surface area contributed by atoms with E-state index in [1.165, 1.54) is 11.3 Å². The summed E-state index contributed by atoms with van der Waals surface area (Å²) < 4.78 is 5.59. The number of carbonyl (C=O) groups is 2. The molecule has 0 saturated heterocycles. The fourth-order valence-corrected chi connectivity index (χ4v) is 6.85. The third-order valence-electron chi connectivity index (χ3n) is 7.04. The van der Waals surface area contributed by atoms with E-state index in [-0.39, 0.29) is 24.0 Å². The topological polar surface area (TPSA) is 70.4 Å². The first-order chi connectivity index (χ1) is 16.6. The van der Waals surface area contributed by atoms with Gasteiger partial charge < -0.3 is 4.74 Å². The van der Waals surface area contributed by atoms with Crippen LogP contribution in [-0.4, -0.2) is 18.3 Å². The lowest BCUT2D eigenvalue weighted by Gasteiger charge is -2.38. The predicted molar refractivity (Wildman–Crippen MR) is 133 cm³/mol. The second kappa shape index (κ2) is 9.60. The number of amides is 1. The number of nitriles is 1. The molecule has 2 heterocycles. The van der Waals surface area contributed by atoms with Gasteiger partial charge in [-0.2, -0.15) is 5.26 Å². The number of carbonyl (C=O) groups excluding carboxylic acids is 2. The minimum atomic E-state index is -0.261. The van der Waals surface area contributed by atoms with E-state index in [1.54, 1.807) is 22.3 Å². The highest BCUT2D eigenvalue weighted by Gasteiger charge is 2.41. The van der Waals surface area contributed by atoms with Gasteiger partial charge in [0, 0.05) is 34.9 Å². The molecular weight excluding hydrogens is 444 g/mol. The standard InChI is InChI=1S/C28H28N2O3S/c1-2-15-33-19-13-11-18(12-14-19)21-16-26(32)30(23-8-6-9-24(31)27(21)23)28-22(17-29)20-7-4-3-5-10-25(20)34-28/h2,11-14,21H,1,3-10,15-16H2. The van der Waals surface area contributed by atoms with Gasteiger partial charge in [0.1, 0.15) is 23.4 Å². The van der Waals surface area contributed by atoms with Crippen molar-refractivity contribution in [3.8, 4) is 11.8 Å². The maximum absolute atomic E-state index is 13.6. The summed E-state index contributed by atoms with van der Waals surface area (Å²) >= 11 is 1.59. The molecule has 174 valence electrons. The molecule has 2 aromatic rings. The summed E-state index contributed by atoms with van der Waals surface area (Å²) in [5, 5.41) is 10.8. The molecule has 0 bridgehead atoms. The molecular formula is C28H28N2O3S. The van der Waals surface area contributed by atoms with Crippen molar-refractivity contribution >= 4 is 28.0 Å². The molecule has 0 saturated carbocycles. The van der Waals surface area contributed by atoms with Crippen molar-refractivity contribution in [2.24, 2.45) is 0 Å². The lowest BCUT2D eigenvalue weighted by Crippen LogP contribution is -2.40. The zero-order valence-corrected chi connectivity index (χ0v) is 20.1. The van der Waals surface area contributed by atoms with E-state index in [0.29, 0.717) is 25.0 Å². The van der Waals surface area contributed by atoms with Gasteiger partial charge in [0.15, 0.2) is 5.78 Å². The van der Waals surface area contributed by atoms with E-state index in [9.17, 15) is 14.9 Å². The van der Waals surface area contributed by atoms with Crippen LogP contribution in [0.25, 0.3) is 0 Å². The number of ketones is 1. The molecule has 1 atom stereocenters. The van der Waals surface area contributed by atoms with E-state index < -0.39 is 0 Å². The molecule has 1 unspecified atom stereocenters. The van der Waals surface area contributed by atoms with E-state index in [4.69, 9.17) is 4.74 Å². The van der Waals surface area contributed by atoms with Gasteiger partial charge in [0.2, 0.25) is 5.91 Å². The second-order valence-electron chi connectivity index (χ2n) is 9.15. The molecule has 6 heteroatoms. The summed E-state index contributed by atoms with van der Waals surface area (Å²) in [5.41, 5.74) is 4.26. The molecule has 1 amide bonds. The summed E-state index contributed by atoms with van der Waals surface area (Å²) in [7, 11) is 0. The normalized spacial score (nSPS) is 20.3. The number of anilines is 1. The number of nitrogens with zero attached hydrogens (tertiary/aromatic N) is 2. The molecule has 5 rings (SSSR count). The van der Waals surface area contributed by atoms with Crippen LogP contribution in [0, 0.1) is 11.3 Å². The molecule has 0 radical (unpaired) electrons. The molecule has 0 fully saturated rings. The van der Waals surface area contributed by atoms with Crippen LogP contribution in [0.3, 0.4) is 0 Å². The first-order valence-corrected chi connectivity index (χ1v) is 12.9. The van der Waals surface area contributed by atoms with Crippen molar-refractivity contribution < 1.29 is 14.3 Å². The fourth-order valence-electron chi connectivity index (χ4n) is 5.47.